The second kappa shape index (κ2) is 6.19. The number of rotatable bonds is 6. The van der Waals surface area contributed by atoms with E-state index in [0.29, 0.717) is 0 Å². The van der Waals surface area contributed by atoms with Gasteiger partial charge in [-0.3, -0.25) is 4.79 Å². The summed E-state index contributed by atoms with van der Waals surface area (Å²) in [7, 11) is 0. The molecule has 1 atom stereocenters. The lowest BCUT2D eigenvalue weighted by Gasteiger charge is -2.15. The summed E-state index contributed by atoms with van der Waals surface area (Å²) < 4.78 is 0. The predicted octanol–water partition coefficient (Wildman–Crippen LogP) is 1.68. The van der Waals surface area contributed by atoms with Gasteiger partial charge in [-0.2, -0.15) is 0 Å². The van der Waals surface area contributed by atoms with Crippen molar-refractivity contribution in [2.75, 3.05) is 6.54 Å². The molecule has 1 aromatic carbocycles. The standard InChI is InChI=1S/C12H17NO2/c1-2-11(13-9-12(14)15)8-10-6-4-3-5-7-10/h3-7,11,13H,2,8-9H2,1H3,(H,14,15). The van der Waals surface area contributed by atoms with E-state index in [-0.39, 0.29) is 12.6 Å². The smallest absolute Gasteiger partial charge is 0.317 e. The molecule has 0 heterocycles. The SMILES string of the molecule is CCC(Cc1ccccc1)NCC(=O)O. The Morgan fingerprint density at radius 3 is 2.60 bits per heavy atom. The summed E-state index contributed by atoms with van der Waals surface area (Å²) in [6, 6.07) is 10.3. The maximum Gasteiger partial charge on any atom is 0.317 e. The Morgan fingerprint density at radius 2 is 2.07 bits per heavy atom. The lowest BCUT2D eigenvalue weighted by atomic mass is 10.0. The lowest BCUT2D eigenvalue weighted by molar-refractivity contribution is -0.136. The van der Waals surface area contributed by atoms with Crippen LogP contribution < -0.4 is 5.32 Å². The van der Waals surface area contributed by atoms with Crippen LogP contribution in [0.2, 0.25) is 0 Å². The van der Waals surface area contributed by atoms with Crippen molar-refractivity contribution >= 4 is 5.97 Å². The van der Waals surface area contributed by atoms with E-state index < -0.39 is 5.97 Å². The number of aliphatic carboxylic acids is 1. The predicted molar refractivity (Wildman–Crippen MR) is 59.9 cm³/mol. The molecule has 1 aromatic rings. The molecular weight excluding hydrogens is 190 g/mol. The second-order valence-corrected chi connectivity index (χ2v) is 3.57. The molecule has 1 unspecified atom stereocenters. The number of carbonyl (C=O) groups is 1. The fourth-order valence-corrected chi connectivity index (χ4v) is 1.49. The van der Waals surface area contributed by atoms with Crippen LogP contribution in [0.15, 0.2) is 30.3 Å². The summed E-state index contributed by atoms with van der Waals surface area (Å²) in [5, 5.41) is 11.6. The first-order valence-electron chi connectivity index (χ1n) is 5.21. The van der Waals surface area contributed by atoms with Crippen LogP contribution in [-0.2, 0) is 11.2 Å². The van der Waals surface area contributed by atoms with Gasteiger partial charge in [0, 0.05) is 6.04 Å². The van der Waals surface area contributed by atoms with E-state index in [0.717, 1.165) is 12.8 Å². The maximum atomic E-state index is 10.4. The number of benzene rings is 1. The maximum absolute atomic E-state index is 10.4. The minimum Gasteiger partial charge on any atom is -0.480 e. The fourth-order valence-electron chi connectivity index (χ4n) is 1.49. The van der Waals surface area contributed by atoms with Crippen molar-refractivity contribution in [1.82, 2.24) is 5.32 Å². The average Bonchev–Trinajstić information content (AvgIpc) is 2.25. The van der Waals surface area contributed by atoms with Crippen LogP contribution in [-0.4, -0.2) is 23.7 Å². The van der Waals surface area contributed by atoms with Gasteiger partial charge >= 0.3 is 5.97 Å². The zero-order chi connectivity index (χ0) is 11.1. The first-order chi connectivity index (χ1) is 7.22. The molecule has 0 fully saturated rings. The van der Waals surface area contributed by atoms with Crippen LogP contribution in [0.1, 0.15) is 18.9 Å². The molecular formula is C12H17NO2. The summed E-state index contributed by atoms with van der Waals surface area (Å²) in [6.45, 7) is 2.09. The van der Waals surface area contributed by atoms with Crippen molar-refractivity contribution in [3.8, 4) is 0 Å². The normalized spacial score (nSPS) is 12.3. The van der Waals surface area contributed by atoms with E-state index in [1.807, 2.05) is 18.2 Å². The van der Waals surface area contributed by atoms with Crippen LogP contribution in [0.5, 0.6) is 0 Å². The molecule has 2 N–H and O–H groups in total. The molecule has 15 heavy (non-hydrogen) atoms. The van der Waals surface area contributed by atoms with Gasteiger partial charge in [-0.15, -0.1) is 0 Å². The molecule has 0 aromatic heterocycles. The lowest BCUT2D eigenvalue weighted by Crippen LogP contribution is -2.34. The van der Waals surface area contributed by atoms with Gasteiger partial charge in [0.15, 0.2) is 0 Å². The molecule has 0 aliphatic heterocycles. The van der Waals surface area contributed by atoms with Crippen molar-refractivity contribution < 1.29 is 9.90 Å². The Bertz CT molecular complexity index is 298. The van der Waals surface area contributed by atoms with Gasteiger partial charge in [-0.1, -0.05) is 37.3 Å². The van der Waals surface area contributed by atoms with E-state index in [1.54, 1.807) is 0 Å². The van der Waals surface area contributed by atoms with Crippen molar-refractivity contribution in [1.29, 1.82) is 0 Å². The van der Waals surface area contributed by atoms with E-state index in [1.165, 1.54) is 5.56 Å². The molecule has 3 nitrogen and oxygen atoms in total. The summed E-state index contributed by atoms with van der Waals surface area (Å²) in [4.78, 5) is 10.4. The molecule has 0 saturated heterocycles. The minimum atomic E-state index is -0.804. The van der Waals surface area contributed by atoms with Crippen LogP contribution in [0.25, 0.3) is 0 Å². The average molecular weight is 207 g/mol. The highest BCUT2D eigenvalue weighted by Crippen LogP contribution is 2.05. The number of hydrogen-bond donors (Lipinski definition) is 2. The summed E-state index contributed by atoms with van der Waals surface area (Å²) >= 11 is 0. The minimum absolute atomic E-state index is 0.0331. The second-order valence-electron chi connectivity index (χ2n) is 3.57. The van der Waals surface area contributed by atoms with Gasteiger partial charge in [0.25, 0.3) is 0 Å². The van der Waals surface area contributed by atoms with Crippen LogP contribution in [0.4, 0.5) is 0 Å². The highest BCUT2D eigenvalue weighted by atomic mass is 16.4. The molecule has 0 radical (unpaired) electrons. The van der Waals surface area contributed by atoms with Gasteiger partial charge in [0.2, 0.25) is 0 Å². The Morgan fingerprint density at radius 1 is 1.40 bits per heavy atom. The van der Waals surface area contributed by atoms with Gasteiger partial charge < -0.3 is 10.4 Å². The van der Waals surface area contributed by atoms with Gasteiger partial charge in [0.1, 0.15) is 0 Å². The molecule has 0 aliphatic carbocycles. The summed E-state index contributed by atoms with van der Waals surface area (Å²) in [5.41, 5.74) is 1.24. The Balaban J connectivity index is 2.43. The molecule has 0 aliphatic rings. The third-order valence-electron chi connectivity index (χ3n) is 2.36. The number of carboxylic acids is 1. The zero-order valence-corrected chi connectivity index (χ0v) is 8.94. The Hall–Kier alpha value is -1.35. The number of hydrogen-bond acceptors (Lipinski definition) is 2. The Labute approximate surface area is 90.1 Å². The fraction of sp³-hybridized carbons (Fsp3) is 0.417. The largest absolute Gasteiger partial charge is 0.480 e. The third-order valence-corrected chi connectivity index (χ3v) is 2.36. The van der Waals surface area contributed by atoms with Crippen molar-refractivity contribution in [2.45, 2.75) is 25.8 Å². The first kappa shape index (κ1) is 11.7. The molecule has 82 valence electrons. The van der Waals surface area contributed by atoms with Crippen LogP contribution in [0.3, 0.4) is 0 Å². The van der Waals surface area contributed by atoms with E-state index >= 15 is 0 Å². The summed E-state index contributed by atoms with van der Waals surface area (Å²) in [5.74, 6) is -0.804. The van der Waals surface area contributed by atoms with Crippen molar-refractivity contribution in [2.24, 2.45) is 0 Å². The molecule has 3 heteroatoms. The van der Waals surface area contributed by atoms with Gasteiger partial charge in [-0.25, -0.2) is 0 Å². The molecule has 0 spiro atoms. The monoisotopic (exact) mass is 207 g/mol. The third kappa shape index (κ3) is 4.61. The van der Waals surface area contributed by atoms with Crippen LogP contribution in [0, 0.1) is 0 Å². The topological polar surface area (TPSA) is 49.3 Å². The van der Waals surface area contributed by atoms with Crippen molar-refractivity contribution in [3.05, 3.63) is 35.9 Å². The first-order valence-corrected chi connectivity index (χ1v) is 5.21. The van der Waals surface area contributed by atoms with Crippen molar-refractivity contribution in [3.63, 3.8) is 0 Å². The van der Waals surface area contributed by atoms with Crippen LogP contribution >= 0.6 is 0 Å². The van der Waals surface area contributed by atoms with E-state index in [2.05, 4.69) is 24.4 Å². The molecule has 0 bridgehead atoms. The van der Waals surface area contributed by atoms with E-state index in [4.69, 9.17) is 5.11 Å². The highest BCUT2D eigenvalue weighted by molar-refractivity contribution is 5.69. The molecule has 0 amide bonds. The highest BCUT2D eigenvalue weighted by Gasteiger charge is 2.07. The number of nitrogens with one attached hydrogen (secondary N) is 1. The van der Waals surface area contributed by atoms with Gasteiger partial charge in [0.05, 0.1) is 6.54 Å². The molecule has 0 saturated carbocycles. The van der Waals surface area contributed by atoms with E-state index in [9.17, 15) is 4.79 Å². The zero-order valence-electron chi connectivity index (χ0n) is 8.94. The Kier molecular flexibility index (Phi) is 4.84. The van der Waals surface area contributed by atoms with Gasteiger partial charge in [-0.05, 0) is 18.4 Å². The molecule has 1 rings (SSSR count). The quantitative estimate of drug-likeness (QED) is 0.746. The summed E-state index contributed by atoms with van der Waals surface area (Å²) in [6.07, 6.45) is 1.81. The number of carboxylic acid groups (broad SMARTS) is 1.